The van der Waals surface area contributed by atoms with Crippen LogP contribution in [0.4, 0.5) is 22.0 Å². The van der Waals surface area contributed by atoms with Gasteiger partial charge < -0.3 is 9.47 Å². The summed E-state index contributed by atoms with van der Waals surface area (Å²) < 4.78 is 76.2. The van der Waals surface area contributed by atoms with Gasteiger partial charge in [-0.1, -0.05) is 11.6 Å². The Morgan fingerprint density at radius 2 is 1.76 bits per heavy atom. The predicted molar refractivity (Wildman–Crippen MR) is 80.8 cm³/mol. The van der Waals surface area contributed by atoms with Gasteiger partial charge in [-0.15, -0.1) is 0 Å². The molecule has 0 saturated carbocycles. The summed E-state index contributed by atoms with van der Waals surface area (Å²) in [6.45, 7) is 2.60. The molecule has 0 N–H and O–H groups in total. The normalized spacial score (nSPS) is 12.2. The minimum atomic E-state index is -4.76. The van der Waals surface area contributed by atoms with Crippen molar-refractivity contribution in [3.63, 3.8) is 0 Å². The average molecular weight is 382 g/mol. The van der Waals surface area contributed by atoms with Crippen molar-refractivity contribution < 1.29 is 31.4 Å². The fraction of sp³-hybridized carbons (Fsp3) is 0.312. The van der Waals surface area contributed by atoms with Crippen LogP contribution in [0, 0.1) is 11.6 Å². The number of alkyl halides is 3. The van der Waals surface area contributed by atoms with Crippen LogP contribution in [-0.4, -0.2) is 17.2 Å². The molecule has 3 nitrogen and oxygen atoms in total. The highest BCUT2D eigenvalue weighted by atomic mass is 35.5. The number of ether oxygens (including phenoxy) is 2. The summed E-state index contributed by atoms with van der Waals surface area (Å²) in [5.74, 6) is -2.49. The van der Waals surface area contributed by atoms with Gasteiger partial charge in [-0.2, -0.15) is 13.2 Å². The summed E-state index contributed by atoms with van der Waals surface area (Å²) in [4.78, 5) is 3.39. The largest absolute Gasteiger partial charge is 0.489 e. The van der Waals surface area contributed by atoms with Crippen LogP contribution in [0.2, 0.25) is 5.15 Å². The summed E-state index contributed by atoms with van der Waals surface area (Å²) in [6.07, 6.45) is -3.69. The first-order chi connectivity index (χ1) is 11.5. The van der Waals surface area contributed by atoms with Crippen LogP contribution in [0.5, 0.6) is 11.5 Å². The number of pyridine rings is 1. The molecule has 0 fully saturated rings. The van der Waals surface area contributed by atoms with Crippen molar-refractivity contribution in [2.45, 2.75) is 25.6 Å². The molecule has 0 bridgehead atoms. The number of hydrogen-bond acceptors (Lipinski definition) is 3. The lowest BCUT2D eigenvalue weighted by molar-refractivity contribution is -0.139. The number of aromatic nitrogens is 1. The average Bonchev–Trinajstić information content (AvgIpc) is 2.47. The molecule has 1 heterocycles. The Kier molecular flexibility index (Phi) is 5.41. The molecule has 0 saturated heterocycles. The monoisotopic (exact) mass is 381 g/mol. The molecule has 0 radical (unpaired) electrons. The van der Waals surface area contributed by atoms with E-state index in [4.69, 9.17) is 21.1 Å². The van der Waals surface area contributed by atoms with Crippen LogP contribution in [0.25, 0.3) is 0 Å². The maximum Gasteiger partial charge on any atom is 0.422 e. The number of rotatable bonds is 5. The minimum absolute atomic E-state index is 0.251. The molecule has 0 unspecified atom stereocenters. The van der Waals surface area contributed by atoms with Crippen LogP contribution < -0.4 is 9.47 Å². The first kappa shape index (κ1) is 19.2. The fourth-order valence-electron chi connectivity index (χ4n) is 1.93. The van der Waals surface area contributed by atoms with E-state index in [2.05, 4.69) is 4.98 Å². The first-order valence-electron chi connectivity index (χ1n) is 6.98. The van der Waals surface area contributed by atoms with E-state index in [1.165, 1.54) is 13.8 Å². The number of hydrogen-bond donors (Lipinski definition) is 0. The summed E-state index contributed by atoms with van der Waals surface area (Å²) in [5.41, 5.74) is -2.42. The molecule has 2 aromatic rings. The third-order valence-electron chi connectivity index (χ3n) is 3.01. The van der Waals surface area contributed by atoms with Crippen molar-refractivity contribution in [3.05, 3.63) is 52.8 Å². The van der Waals surface area contributed by atoms with Crippen LogP contribution >= 0.6 is 11.6 Å². The van der Waals surface area contributed by atoms with E-state index in [9.17, 15) is 22.0 Å². The van der Waals surface area contributed by atoms with Gasteiger partial charge in [0.05, 0.1) is 0 Å². The van der Waals surface area contributed by atoms with Crippen molar-refractivity contribution in [1.29, 1.82) is 0 Å². The molecular weight excluding hydrogens is 369 g/mol. The van der Waals surface area contributed by atoms with Crippen molar-refractivity contribution in [1.82, 2.24) is 4.98 Å². The van der Waals surface area contributed by atoms with E-state index >= 15 is 0 Å². The smallest absolute Gasteiger partial charge is 0.422 e. The Hall–Kier alpha value is -2.09. The predicted octanol–water partition coefficient (Wildman–Crippen LogP) is 5.27. The minimum Gasteiger partial charge on any atom is -0.489 e. The highest BCUT2D eigenvalue weighted by Gasteiger charge is 2.38. The van der Waals surface area contributed by atoms with Gasteiger partial charge >= 0.3 is 6.18 Å². The van der Waals surface area contributed by atoms with E-state index in [0.29, 0.717) is 6.07 Å². The Bertz CT molecular complexity index is 765. The molecule has 25 heavy (non-hydrogen) atoms. The van der Waals surface area contributed by atoms with Gasteiger partial charge in [-0.3, -0.25) is 0 Å². The van der Waals surface area contributed by atoms with Gasteiger partial charge in [0.2, 0.25) is 0 Å². The SMILES string of the molecule is CC(C)(COc1ccnc(Cl)c1C(F)(F)F)Oc1ccc(F)cc1F. The maximum atomic E-state index is 13.6. The second kappa shape index (κ2) is 7.03. The topological polar surface area (TPSA) is 31.4 Å². The molecule has 2 rings (SSSR count). The lowest BCUT2D eigenvalue weighted by atomic mass is 10.1. The van der Waals surface area contributed by atoms with Gasteiger partial charge in [0.1, 0.15) is 34.5 Å². The second-order valence-electron chi connectivity index (χ2n) is 5.70. The molecule has 0 amide bonds. The number of benzene rings is 1. The molecule has 136 valence electrons. The zero-order chi connectivity index (χ0) is 18.8. The fourth-order valence-corrected chi connectivity index (χ4v) is 2.19. The molecule has 0 aliphatic carbocycles. The molecular formula is C16H13ClF5NO2. The van der Waals surface area contributed by atoms with Crippen LogP contribution in [0.3, 0.4) is 0 Å². The van der Waals surface area contributed by atoms with Crippen LogP contribution in [-0.2, 0) is 6.18 Å². The first-order valence-corrected chi connectivity index (χ1v) is 7.36. The van der Waals surface area contributed by atoms with E-state index in [0.717, 1.165) is 24.4 Å². The molecule has 9 heteroatoms. The van der Waals surface area contributed by atoms with Crippen LogP contribution in [0.15, 0.2) is 30.5 Å². The summed E-state index contributed by atoms with van der Waals surface area (Å²) in [5, 5.41) is -0.742. The molecule has 1 aromatic carbocycles. The standard InChI is InChI=1S/C16H13ClF5NO2/c1-15(2,25-11-4-3-9(18)7-10(11)19)8-24-12-5-6-23-14(17)13(12)16(20,21)22/h3-7H,8H2,1-2H3. The highest BCUT2D eigenvalue weighted by molar-refractivity contribution is 6.30. The highest BCUT2D eigenvalue weighted by Crippen LogP contribution is 2.40. The summed E-state index contributed by atoms with van der Waals surface area (Å²) >= 11 is 5.50. The van der Waals surface area contributed by atoms with Gasteiger partial charge in [0, 0.05) is 12.3 Å². The molecule has 0 spiro atoms. The van der Waals surface area contributed by atoms with E-state index in [1.54, 1.807) is 0 Å². The zero-order valence-electron chi connectivity index (χ0n) is 13.1. The van der Waals surface area contributed by atoms with Crippen molar-refractivity contribution in [2.75, 3.05) is 6.61 Å². The number of halogens is 6. The van der Waals surface area contributed by atoms with Crippen molar-refractivity contribution in [3.8, 4) is 11.5 Å². The molecule has 0 atom stereocenters. The molecule has 0 aliphatic rings. The molecule has 1 aromatic heterocycles. The summed E-state index contributed by atoms with van der Waals surface area (Å²) in [6, 6.07) is 3.73. The van der Waals surface area contributed by atoms with E-state index in [1.807, 2.05) is 0 Å². The number of nitrogens with zero attached hydrogens (tertiary/aromatic N) is 1. The summed E-state index contributed by atoms with van der Waals surface area (Å²) in [7, 11) is 0. The van der Waals surface area contributed by atoms with E-state index < -0.39 is 39.9 Å². The van der Waals surface area contributed by atoms with Crippen molar-refractivity contribution in [2.24, 2.45) is 0 Å². The van der Waals surface area contributed by atoms with Gasteiger partial charge in [-0.25, -0.2) is 13.8 Å². The Morgan fingerprint density at radius 1 is 1.08 bits per heavy atom. The maximum absolute atomic E-state index is 13.6. The third kappa shape index (κ3) is 4.94. The van der Waals surface area contributed by atoms with Crippen LogP contribution in [0.1, 0.15) is 19.4 Å². The van der Waals surface area contributed by atoms with Gasteiger partial charge in [0.25, 0.3) is 0 Å². The van der Waals surface area contributed by atoms with Gasteiger partial charge in [0.15, 0.2) is 11.6 Å². The zero-order valence-corrected chi connectivity index (χ0v) is 13.9. The lowest BCUT2D eigenvalue weighted by Crippen LogP contribution is -2.36. The Labute approximate surface area is 145 Å². The van der Waals surface area contributed by atoms with E-state index in [-0.39, 0.29) is 12.4 Å². The lowest BCUT2D eigenvalue weighted by Gasteiger charge is -2.27. The molecule has 0 aliphatic heterocycles. The third-order valence-corrected chi connectivity index (χ3v) is 3.29. The van der Waals surface area contributed by atoms with Crippen molar-refractivity contribution >= 4 is 11.6 Å². The Morgan fingerprint density at radius 3 is 2.36 bits per heavy atom. The second-order valence-corrected chi connectivity index (χ2v) is 6.06. The van der Waals surface area contributed by atoms with Gasteiger partial charge in [-0.05, 0) is 32.0 Å². The Balaban J connectivity index is 2.16. The quantitative estimate of drug-likeness (QED) is 0.522.